The SMILES string of the molecule is CCNC(=O)c1nnc(-c2cc(C(C)C)c(O)cc2O)n1-c1ccc(Oc2ccc(C(=O)N3CCC(CC)(N(C)C(=O)Oc4ccc5nc6c(c(CC)c5c4)Cn4c-6cc5c(c4=O)COC(=O)C5O)CC3)cc2)cc1. The van der Waals surface area contributed by atoms with Gasteiger partial charge in [-0.2, -0.15) is 0 Å². The van der Waals surface area contributed by atoms with Gasteiger partial charge in [-0.15, -0.1) is 10.2 Å². The lowest BCUT2D eigenvalue weighted by molar-refractivity contribution is -0.157. The third kappa shape index (κ3) is 8.85. The first-order chi connectivity index (χ1) is 36.0. The average molecular weight is 1020 g/mol. The minimum atomic E-state index is -1.55. The van der Waals surface area contributed by atoms with Crippen LogP contribution in [0.15, 0.2) is 89.7 Å². The molecule has 10 rings (SSSR count). The second kappa shape index (κ2) is 19.7. The van der Waals surface area contributed by atoms with E-state index in [4.69, 9.17) is 19.2 Å². The second-order valence-corrected chi connectivity index (χ2v) is 19.4. The smallest absolute Gasteiger partial charge is 0.415 e. The zero-order chi connectivity index (χ0) is 53.0. The number of aromatic hydroxyl groups is 2. The van der Waals surface area contributed by atoms with Gasteiger partial charge in [0, 0.05) is 66.1 Å². The number of aryl methyl sites for hydroxylation is 1. The van der Waals surface area contributed by atoms with Crippen molar-refractivity contribution in [1.82, 2.24) is 39.4 Å². The summed E-state index contributed by atoms with van der Waals surface area (Å²) in [4.78, 5) is 75.0. The van der Waals surface area contributed by atoms with E-state index >= 15 is 0 Å². The number of likely N-dealkylation sites (tertiary alicyclic amines) is 1. The molecule has 0 aliphatic carbocycles. The number of carbonyl (C=O) groups excluding carboxylic acids is 4. The van der Waals surface area contributed by atoms with Crippen LogP contribution >= 0.6 is 0 Å². The van der Waals surface area contributed by atoms with Gasteiger partial charge in [0.15, 0.2) is 11.9 Å². The molecule has 19 nitrogen and oxygen atoms in total. The number of carbonyl (C=O) groups is 4. The lowest BCUT2D eigenvalue weighted by Gasteiger charge is -2.46. The van der Waals surface area contributed by atoms with E-state index in [0.29, 0.717) is 102 Å². The molecule has 3 aromatic heterocycles. The molecule has 0 saturated carbocycles. The number of nitrogens with zero attached hydrogens (tertiary/aromatic N) is 7. The number of aliphatic hydroxyl groups excluding tert-OH is 1. The van der Waals surface area contributed by atoms with Crippen molar-refractivity contribution < 1.29 is 48.7 Å². The van der Waals surface area contributed by atoms with Gasteiger partial charge in [0.2, 0.25) is 5.82 Å². The molecular formula is C56H56N8O11. The number of ether oxygens (including phenoxy) is 3. The number of piperidine rings is 1. The molecular weight excluding hydrogens is 961 g/mol. The summed E-state index contributed by atoms with van der Waals surface area (Å²) in [5.74, 6) is -0.241. The number of aromatic nitrogens is 5. The maximum Gasteiger partial charge on any atom is 0.415 e. The molecule has 19 heteroatoms. The van der Waals surface area contributed by atoms with Gasteiger partial charge < -0.3 is 49.2 Å². The summed E-state index contributed by atoms with van der Waals surface area (Å²) in [5, 5.41) is 43.9. The van der Waals surface area contributed by atoms with Crippen LogP contribution in [0.4, 0.5) is 4.79 Å². The molecule has 0 bridgehead atoms. The van der Waals surface area contributed by atoms with Crippen LogP contribution in [0, 0.1) is 0 Å². The van der Waals surface area contributed by atoms with E-state index in [1.165, 1.54) is 10.6 Å². The number of hydrogen-bond acceptors (Lipinski definition) is 14. The third-order valence-corrected chi connectivity index (χ3v) is 14.9. The van der Waals surface area contributed by atoms with E-state index in [-0.39, 0.29) is 64.8 Å². The van der Waals surface area contributed by atoms with Crippen molar-refractivity contribution in [2.24, 2.45) is 0 Å². The van der Waals surface area contributed by atoms with Crippen LogP contribution in [0.25, 0.3) is 39.4 Å². The van der Waals surface area contributed by atoms with Gasteiger partial charge in [-0.05, 0) is 129 Å². The van der Waals surface area contributed by atoms with Gasteiger partial charge in [0.25, 0.3) is 17.4 Å². The summed E-state index contributed by atoms with van der Waals surface area (Å²) in [6, 6.07) is 23.6. The number of rotatable bonds is 12. The zero-order valence-corrected chi connectivity index (χ0v) is 42.3. The Kier molecular flexibility index (Phi) is 13.1. The number of phenolic OH excluding ortho intramolecular Hbond substituents is 2. The number of esters is 1. The summed E-state index contributed by atoms with van der Waals surface area (Å²) in [6.45, 7) is 10.9. The van der Waals surface area contributed by atoms with Crippen molar-refractivity contribution in [2.75, 3.05) is 26.7 Å². The molecule has 6 heterocycles. The molecule has 0 spiro atoms. The fourth-order valence-electron chi connectivity index (χ4n) is 10.5. The normalized spacial score (nSPS) is 15.5. The molecule has 4 aromatic carbocycles. The molecule has 1 fully saturated rings. The molecule has 3 aliphatic rings. The van der Waals surface area contributed by atoms with Gasteiger partial charge in [-0.25, -0.2) is 14.6 Å². The Bertz CT molecular complexity index is 3510. The zero-order valence-electron chi connectivity index (χ0n) is 42.3. The van der Waals surface area contributed by atoms with Crippen molar-refractivity contribution >= 4 is 34.8 Å². The minimum Gasteiger partial charge on any atom is -0.508 e. The van der Waals surface area contributed by atoms with Gasteiger partial charge in [-0.1, -0.05) is 27.7 Å². The highest BCUT2D eigenvalue weighted by molar-refractivity contribution is 5.95. The van der Waals surface area contributed by atoms with Crippen molar-refractivity contribution in [3.63, 3.8) is 0 Å². The van der Waals surface area contributed by atoms with Crippen molar-refractivity contribution in [2.45, 2.75) is 91.0 Å². The quantitative estimate of drug-likeness (QED) is 0.0851. The van der Waals surface area contributed by atoms with Gasteiger partial charge in [-0.3, -0.25) is 19.0 Å². The van der Waals surface area contributed by atoms with Crippen molar-refractivity contribution in [3.8, 4) is 57.2 Å². The fraction of sp³-hybridized carbons (Fsp3) is 0.321. The fourth-order valence-corrected chi connectivity index (χ4v) is 10.5. The van der Waals surface area contributed by atoms with Crippen molar-refractivity contribution in [3.05, 3.63) is 134 Å². The lowest BCUT2D eigenvalue weighted by atomic mass is 9.83. The van der Waals surface area contributed by atoms with E-state index in [0.717, 1.165) is 16.5 Å². The molecule has 75 heavy (non-hydrogen) atoms. The first-order valence-electron chi connectivity index (χ1n) is 25.0. The third-order valence-electron chi connectivity index (χ3n) is 14.9. The van der Waals surface area contributed by atoms with E-state index in [9.17, 15) is 39.3 Å². The number of fused-ring (bicyclic) bond motifs is 5. The Balaban J connectivity index is 0.787. The number of benzene rings is 4. The molecule has 1 unspecified atom stereocenters. The van der Waals surface area contributed by atoms with E-state index in [2.05, 4.69) is 15.5 Å². The molecule has 3 aliphatic heterocycles. The number of hydrogen-bond donors (Lipinski definition) is 4. The number of nitrogens with one attached hydrogen (secondary N) is 1. The predicted octanol–water partition coefficient (Wildman–Crippen LogP) is 7.92. The van der Waals surface area contributed by atoms with Crippen LogP contribution < -0.4 is 20.3 Å². The second-order valence-electron chi connectivity index (χ2n) is 19.4. The summed E-state index contributed by atoms with van der Waals surface area (Å²) in [6.07, 6.45) is 0.217. The van der Waals surface area contributed by atoms with E-state index < -0.39 is 29.6 Å². The largest absolute Gasteiger partial charge is 0.508 e. The Morgan fingerprint density at radius 2 is 1.57 bits per heavy atom. The number of phenols is 2. The molecule has 7 aromatic rings. The summed E-state index contributed by atoms with van der Waals surface area (Å²) < 4.78 is 20.4. The average Bonchev–Trinajstić information content (AvgIpc) is 4.02. The Morgan fingerprint density at radius 1 is 0.880 bits per heavy atom. The molecule has 1 atom stereocenters. The monoisotopic (exact) mass is 1020 g/mol. The highest BCUT2D eigenvalue weighted by Gasteiger charge is 2.41. The van der Waals surface area contributed by atoms with Crippen LogP contribution in [0.3, 0.4) is 0 Å². The standard InChI is InChI=1S/C56H56N8O11/c1-7-36-38-24-35(18-19-43(38)58-47-41(36)28-63-44(47)26-39-42(53(63)70)29-73-54(71)48(39)67)75-55(72)61(6)56(8-2)20-22-62(23-21-56)52(69)31-10-14-33(15-11-31)74-34-16-12-32(13-17-34)64-49(59-60-50(64)51(68)57-9-3)40-25-37(30(4)5)45(65)27-46(40)66/h10-19,24-27,30,48,65-67H,7-9,20-23,28-29H2,1-6H3,(H,57,68). The maximum absolute atomic E-state index is 13.9. The van der Waals surface area contributed by atoms with Crippen LogP contribution in [-0.2, 0) is 29.1 Å². The first kappa shape index (κ1) is 50.0. The molecule has 4 N–H and O–H groups in total. The predicted molar refractivity (Wildman–Crippen MR) is 275 cm³/mol. The van der Waals surface area contributed by atoms with E-state index in [1.807, 2.05) is 27.7 Å². The number of cyclic esters (lactones) is 1. The molecule has 1 saturated heterocycles. The van der Waals surface area contributed by atoms with Crippen LogP contribution in [0.1, 0.15) is 115 Å². The summed E-state index contributed by atoms with van der Waals surface area (Å²) in [7, 11) is 1.73. The lowest BCUT2D eigenvalue weighted by Crippen LogP contribution is -2.57. The van der Waals surface area contributed by atoms with Gasteiger partial charge >= 0.3 is 12.1 Å². The van der Waals surface area contributed by atoms with Gasteiger partial charge in [0.05, 0.1) is 34.6 Å². The Morgan fingerprint density at radius 3 is 2.24 bits per heavy atom. The van der Waals surface area contributed by atoms with Crippen LogP contribution in [0.5, 0.6) is 28.7 Å². The molecule has 386 valence electrons. The molecule has 0 radical (unpaired) electrons. The minimum absolute atomic E-state index is 0.00356. The first-order valence-corrected chi connectivity index (χ1v) is 25.0. The Hall–Kier alpha value is -8.58. The number of aliphatic hydroxyl groups is 1. The maximum atomic E-state index is 13.9. The number of pyridine rings is 2. The topological polar surface area (TPSA) is 241 Å². The highest BCUT2D eigenvalue weighted by Crippen LogP contribution is 2.41. The number of amides is 3. The summed E-state index contributed by atoms with van der Waals surface area (Å²) in [5.41, 5.74) is 4.99. The highest BCUT2D eigenvalue weighted by atomic mass is 16.6. The Labute approximate surface area is 430 Å². The van der Waals surface area contributed by atoms with Gasteiger partial charge in [0.1, 0.15) is 35.4 Å². The molecule has 3 amide bonds. The van der Waals surface area contributed by atoms with Crippen LogP contribution in [-0.4, -0.2) is 106 Å². The van der Waals surface area contributed by atoms with Crippen molar-refractivity contribution in [1.29, 1.82) is 0 Å². The summed E-state index contributed by atoms with van der Waals surface area (Å²) >= 11 is 0. The van der Waals surface area contributed by atoms with Crippen LogP contribution in [0.2, 0.25) is 0 Å². The van der Waals surface area contributed by atoms with E-state index in [1.54, 1.807) is 107 Å².